The molecule has 0 aliphatic heterocycles. The van der Waals surface area contributed by atoms with Crippen LogP contribution in [0.4, 0.5) is 18.9 Å². The first-order valence-corrected chi connectivity index (χ1v) is 6.12. The smallest absolute Gasteiger partial charge is 0.390 e. The van der Waals surface area contributed by atoms with Crippen molar-refractivity contribution in [3.63, 3.8) is 0 Å². The number of hydrogen-bond acceptors (Lipinski definition) is 3. The van der Waals surface area contributed by atoms with Crippen LogP contribution in [0.5, 0.6) is 0 Å². The van der Waals surface area contributed by atoms with Gasteiger partial charge < -0.3 is 11.1 Å². The van der Waals surface area contributed by atoms with Crippen LogP contribution in [-0.4, -0.2) is 12.9 Å². The van der Waals surface area contributed by atoms with E-state index in [1.165, 1.54) is 13.1 Å². The number of hydrogen-bond donors (Lipinski definition) is 2. The summed E-state index contributed by atoms with van der Waals surface area (Å²) in [6.45, 7) is 0. The Balaban J connectivity index is 3.20. The maximum absolute atomic E-state index is 12.6. The predicted molar refractivity (Wildman–Crippen MR) is 76.3 cm³/mol. The van der Waals surface area contributed by atoms with Gasteiger partial charge in [0, 0.05) is 13.1 Å². The number of nitrogens with one attached hydrogen (secondary N) is 1. The van der Waals surface area contributed by atoms with Gasteiger partial charge in [0.25, 0.3) is 0 Å². The van der Waals surface area contributed by atoms with Gasteiger partial charge in [0.2, 0.25) is 0 Å². The van der Waals surface area contributed by atoms with Gasteiger partial charge in [-0.1, -0.05) is 23.2 Å². The van der Waals surface area contributed by atoms with Crippen LogP contribution in [0.15, 0.2) is 28.9 Å². The second kappa shape index (κ2) is 6.70. The van der Waals surface area contributed by atoms with Crippen molar-refractivity contribution in [2.24, 2.45) is 10.7 Å². The molecule has 0 radical (unpaired) electrons. The molecule has 0 aliphatic carbocycles. The maximum atomic E-state index is 12.6. The number of rotatable bonds is 2. The summed E-state index contributed by atoms with van der Waals surface area (Å²) < 4.78 is 37.8. The lowest BCUT2D eigenvalue weighted by atomic mass is 10.2. The van der Waals surface area contributed by atoms with E-state index in [-0.39, 0.29) is 27.3 Å². The Labute approximate surface area is 128 Å². The second-order valence-electron chi connectivity index (χ2n) is 3.76. The Bertz CT molecular complexity index is 622. The number of aliphatic imine (C=N–C) groups is 1. The van der Waals surface area contributed by atoms with Gasteiger partial charge in [-0.15, -0.1) is 0 Å². The van der Waals surface area contributed by atoms with Gasteiger partial charge in [-0.3, -0.25) is 4.99 Å². The van der Waals surface area contributed by atoms with E-state index >= 15 is 0 Å². The van der Waals surface area contributed by atoms with Gasteiger partial charge in [-0.25, -0.2) is 0 Å². The summed E-state index contributed by atoms with van der Waals surface area (Å²) in [7, 11) is 1.40. The summed E-state index contributed by atoms with van der Waals surface area (Å²) in [6.07, 6.45) is -3.36. The Kier molecular flexibility index (Phi) is 5.47. The molecule has 0 amide bonds. The first-order valence-electron chi connectivity index (χ1n) is 5.36. The molecule has 0 aromatic heterocycles. The molecule has 0 atom stereocenters. The summed E-state index contributed by atoms with van der Waals surface area (Å²) in [4.78, 5) is 3.78. The molecular formula is C12H9Cl2F3N4. The number of nitrogens with zero attached hydrogens (tertiary/aromatic N) is 2. The molecular weight excluding hydrogens is 328 g/mol. The molecule has 0 aliphatic rings. The fourth-order valence-corrected chi connectivity index (χ4v) is 1.90. The molecule has 1 aromatic rings. The number of halogens is 5. The molecule has 21 heavy (non-hydrogen) atoms. The number of nitriles is 1. The number of amidine groups is 1. The third-order valence-corrected chi connectivity index (χ3v) is 2.88. The molecule has 0 saturated heterocycles. The van der Waals surface area contributed by atoms with Crippen molar-refractivity contribution in [1.29, 1.82) is 5.26 Å². The van der Waals surface area contributed by atoms with Crippen molar-refractivity contribution in [3.05, 3.63) is 39.5 Å². The number of alkyl halides is 3. The Morgan fingerprint density at radius 1 is 1.38 bits per heavy atom. The standard InChI is InChI=1S/C12H9Cl2F3N4/c1-20-10(4-7(19)5-18)21-11-8(13)2-6(3-9(11)14)12(15,16)17/h2-4H,19H2,1H3,(H,20,21). The third kappa shape index (κ3) is 4.55. The van der Waals surface area contributed by atoms with Crippen molar-refractivity contribution >= 4 is 34.7 Å². The van der Waals surface area contributed by atoms with Crippen LogP contribution in [0.1, 0.15) is 5.56 Å². The van der Waals surface area contributed by atoms with Crippen LogP contribution >= 0.6 is 23.2 Å². The quantitative estimate of drug-likeness (QED) is 0.489. The molecule has 0 unspecified atom stereocenters. The number of allylic oxidation sites excluding steroid dienone is 1. The van der Waals surface area contributed by atoms with Gasteiger partial charge >= 0.3 is 6.18 Å². The minimum absolute atomic E-state index is 0.0360. The van der Waals surface area contributed by atoms with E-state index in [4.69, 9.17) is 34.2 Å². The van der Waals surface area contributed by atoms with E-state index in [1.807, 2.05) is 0 Å². The van der Waals surface area contributed by atoms with Crippen LogP contribution in [0, 0.1) is 11.3 Å². The minimum atomic E-state index is -4.56. The zero-order chi connectivity index (χ0) is 16.2. The van der Waals surface area contributed by atoms with Crippen molar-refractivity contribution in [3.8, 4) is 6.07 Å². The second-order valence-corrected chi connectivity index (χ2v) is 4.57. The highest BCUT2D eigenvalue weighted by Gasteiger charge is 2.32. The van der Waals surface area contributed by atoms with E-state index in [1.54, 1.807) is 6.07 Å². The van der Waals surface area contributed by atoms with E-state index in [2.05, 4.69) is 10.3 Å². The Morgan fingerprint density at radius 3 is 2.29 bits per heavy atom. The summed E-state index contributed by atoms with van der Waals surface area (Å²) in [5.41, 5.74) is 4.26. The van der Waals surface area contributed by atoms with Gasteiger partial charge in [0.1, 0.15) is 17.6 Å². The van der Waals surface area contributed by atoms with Gasteiger partial charge in [0.15, 0.2) is 0 Å². The highest BCUT2D eigenvalue weighted by atomic mass is 35.5. The van der Waals surface area contributed by atoms with Crippen LogP contribution < -0.4 is 11.1 Å². The lowest BCUT2D eigenvalue weighted by molar-refractivity contribution is -0.137. The van der Waals surface area contributed by atoms with Gasteiger partial charge in [0.05, 0.1) is 21.3 Å². The Morgan fingerprint density at radius 2 is 1.90 bits per heavy atom. The number of benzene rings is 1. The van der Waals surface area contributed by atoms with Crippen molar-refractivity contribution in [2.75, 3.05) is 12.4 Å². The minimum Gasteiger partial charge on any atom is -0.390 e. The van der Waals surface area contributed by atoms with Crippen LogP contribution in [0.2, 0.25) is 10.0 Å². The molecule has 0 saturated carbocycles. The van der Waals surface area contributed by atoms with E-state index < -0.39 is 11.7 Å². The first kappa shape index (κ1) is 17.1. The van der Waals surface area contributed by atoms with Crippen LogP contribution in [-0.2, 0) is 6.18 Å². The SMILES string of the molecule is CN=C(C=C(N)C#N)Nc1c(Cl)cc(C(F)(F)F)cc1Cl. The molecule has 3 N–H and O–H groups in total. The Hall–Kier alpha value is -1.91. The molecule has 0 heterocycles. The summed E-state index contributed by atoms with van der Waals surface area (Å²) in [5.74, 6) is 0.123. The van der Waals surface area contributed by atoms with Crippen molar-refractivity contribution in [2.45, 2.75) is 6.18 Å². The first-order chi connectivity index (χ1) is 9.68. The molecule has 4 nitrogen and oxygen atoms in total. The van der Waals surface area contributed by atoms with Gasteiger partial charge in [-0.2, -0.15) is 18.4 Å². The largest absolute Gasteiger partial charge is 0.416 e. The maximum Gasteiger partial charge on any atom is 0.416 e. The lowest BCUT2D eigenvalue weighted by Gasteiger charge is -2.13. The molecule has 9 heteroatoms. The highest BCUT2D eigenvalue weighted by Crippen LogP contribution is 2.38. The van der Waals surface area contributed by atoms with E-state index in [0.29, 0.717) is 0 Å². The van der Waals surface area contributed by atoms with Gasteiger partial charge in [-0.05, 0) is 12.1 Å². The van der Waals surface area contributed by atoms with Crippen molar-refractivity contribution in [1.82, 2.24) is 0 Å². The zero-order valence-corrected chi connectivity index (χ0v) is 12.1. The third-order valence-electron chi connectivity index (χ3n) is 2.28. The predicted octanol–water partition coefficient (Wildman–Crippen LogP) is 3.82. The average Bonchev–Trinajstić information content (AvgIpc) is 2.39. The van der Waals surface area contributed by atoms with Crippen molar-refractivity contribution < 1.29 is 13.2 Å². The highest BCUT2D eigenvalue weighted by molar-refractivity contribution is 6.40. The van der Waals surface area contributed by atoms with E-state index in [9.17, 15) is 13.2 Å². The summed E-state index contributed by atoms with van der Waals surface area (Å²) in [5, 5.41) is 10.7. The molecule has 112 valence electrons. The lowest BCUT2D eigenvalue weighted by Crippen LogP contribution is -2.13. The summed E-state index contributed by atoms with van der Waals surface area (Å²) in [6, 6.07) is 3.15. The zero-order valence-electron chi connectivity index (χ0n) is 10.6. The average molecular weight is 337 g/mol. The number of anilines is 1. The number of nitrogens with two attached hydrogens (primary N) is 1. The van der Waals surface area contributed by atoms with Crippen LogP contribution in [0.3, 0.4) is 0 Å². The molecule has 1 rings (SSSR count). The molecule has 1 aromatic carbocycles. The normalized spacial score (nSPS) is 13.0. The van der Waals surface area contributed by atoms with E-state index in [0.717, 1.165) is 12.1 Å². The fraction of sp³-hybridized carbons (Fsp3) is 0.167. The molecule has 0 spiro atoms. The molecule has 0 fully saturated rings. The monoisotopic (exact) mass is 336 g/mol. The van der Waals surface area contributed by atoms with Crippen LogP contribution in [0.25, 0.3) is 0 Å². The fourth-order valence-electron chi connectivity index (χ4n) is 1.32. The molecule has 0 bridgehead atoms. The topological polar surface area (TPSA) is 74.2 Å². The summed E-state index contributed by atoms with van der Waals surface area (Å²) >= 11 is 11.6.